The van der Waals surface area contributed by atoms with Crippen LogP contribution in [0.5, 0.6) is 0 Å². The Morgan fingerprint density at radius 3 is 3.08 bits per heavy atom. The number of fused-ring (bicyclic) bond motifs is 1. The Kier molecular flexibility index (Phi) is 2.23. The molecule has 0 aliphatic heterocycles. The summed E-state index contributed by atoms with van der Waals surface area (Å²) < 4.78 is 0. The van der Waals surface area contributed by atoms with Gasteiger partial charge in [-0.15, -0.1) is 0 Å². The fourth-order valence-electron chi connectivity index (χ4n) is 2.24. The highest BCUT2D eigenvalue weighted by atomic mass is 14.8. The van der Waals surface area contributed by atoms with E-state index in [0.29, 0.717) is 5.92 Å². The molecule has 2 rings (SSSR count). The Hall–Kier alpha value is -1.02. The molecule has 2 heteroatoms. The maximum atomic E-state index is 5.74. The van der Waals surface area contributed by atoms with E-state index < -0.39 is 0 Å². The molecule has 0 aromatic heterocycles. The molecule has 1 atom stereocenters. The van der Waals surface area contributed by atoms with E-state index in [1.165, 1.54) is 29.7 Å². The van der Waals surface area contributed by atoms with Gasteiger partial charge in [-0.3, -0.25) is 0 Å². The van der Waals surface area contributed by atoms with Gasteiger partial charge in [0, 0.05) is 12.7 Å². The van der Waals surface area contributed by atoms with Crippen LogP contribution in [-0.2, 0) is 6.42 Å². The first-order valence-electron chi connectivity index (χ1n) is 4.86. The Balaban J connectivity index is 2.46. The van der Waals surface area contributed by atoms with E-state index in [1.54, 1.807) is 0 Å². The minimum Gasteiger partial charge on any atom is -0.388 e. The second-order valence-corrected chi connectivity index (χ2v) is 3.60. The quantitative estimate of drug-likeness (QED) is 0.720. The van der Waals surface area contributed by atoms with Crippen molar-refractivity contribution in [1.29, 1.82) is 0 Å². The molecule has 0 bridgehead atoms. The molecule has 0 saturated carbocycles. The minimum atomic E-state index is 0.568. The van der Waals surface area contributed by atoms with Gasteiger partial charge in [-0.2, -0.15) is 0 Å². The molecule has 0 spiro atoms. The third kappa shape index (κ3) is 1.31. The summed E-state index contributed by atoms with van der Waals surface area (Å²) in [5, 5.41) is 3.24. The fourth-order valence-corrected chi connectivity index (χ4v) is 2.24. The lowest BCUT2D eigenvalue weighted by molar-refractivity contribution is 0.689. The summed E-state index contributed by atoms with van der Waals surface area (Å²) in [4.78, 5) is 0. The second kappa shape index (κ2) is 3.38. The Bertz CT molecular complexity index is 307. The van der Waals surface area contributed by atoms with Gasteiger partial charge in [-0.05, 0) is 42.5 Å². The summed E-state index contributed by atoms with van der Waals surface area (Å²) in [6.45, 7) is 0.770. The number of hydrogen-bond donors (Lipinski definition) is 2. The van der Waals surface area contributed by atoms with Crippen molar-refractivity contribution in [2.45, 2.75) is 18.8 Å². The maximum Gasteiger partial charge on any atom is 0.0376 e. The van der Waals surface area contributed by atoms with Gasteiger partial charge >= 0.3 is 0 Å². The largest absolute Gasteiger partial charge is 0.388 e. The van der Waals surface area contributed by atoms with Crippen molar-refractivity contribution in [1.82, 2.24) is 0 Å². The molecule has 0 saturated heterocycles. The van der Waals surface area contributed by atoms with Crippen LogP contribution in [0.2, 0.25) is 0 Å². The van der Waals surface area contributed by atoms with Crippen molar-refractivity contribution in [3.63, 3.8) is 0 Å². The van der Waals surface area contributed by atoms with E-state index in [9.17, 15) is 0 Å². The van der Waals surface area contributed by atoms with Gasteiger partial charge in [-0.1, -0.05) is 12.1 Å². The van der Waals surface area contributed by atoms with Gasteiger partial charge < -0.3 is 11.1 Å². The third-order valence-corrected chi connectivity index (χ3v) is 2.92. The Morgan fingerprint density at radius 2 is 2.38 bits per heavy atom. The van der Waals surface area contributed by atoms with Crippen LogP contribution in [0.3, 0.4) is 0 Å². The first kappa shape index (κ1) is 8.57. The standard InChI is InChI=1S/C11H16N2/c1-13-10-4-2-3-8-5-6-9(7-12)11(8)10/h2-4,9,13H,5-7,12H2,1H3. The van der Waals surface area contributed by atoms with Crippen LogP contribution >= 0.6 is 0 Å². The molecule has 1 aromatic rings. The summed E-state index contributed by atoms with van der Waals surface area (Å²) in [7, 11) is 1.97. The minimum absolute atomic E-state index is 0.568. The third-order valence-electron chi connectivity index (χ3n) is 2.92. The average molecular weight is 176 g/mol. The average Bonchev–Trinajstić information content (AvgIpc) is 2.60. The van der Waals surface area contributed by atoms with Gasteiger partial charge in [-0.25, -0.2) is 0 Å². The number of hydrogen-bond acceptors (Lipinski definition) is 2. The number of benzene rings is 1. The van der Waals surface area contributed by atoms with Gasteiger partial charge in [0.1, 0.15) is 0 Å². The SMILES string of the molecule is CNc1cccc2c1C(CN)CC2. The molecule has 3 N–H and O–H groups in total. The van der Waals surface area contributed by atoms with Crippen molar-refractivity contribution >= 4 is 5.69 Å². The molecular formula is C11H16N2. The zero-order chi connectivity index (χ0) is 9.26. The zero-order valence-electron chi connectivity index (χ0n) is 8.01. The van der Waals surface area contributed by atoms with Crippen molar-refractivity contribution in [3.05, 3.63) is 29.3 Å². The first-order valence-corrected chi connectivity index (χ1v) is 4.86. The van der Waals surface area contributed by atoms with E-state index in [-0.39, 0.29) is 0 Å². The second-order valence-electron chi connectivity index (χ2n) is 3.60. The fraction of sp³-hybridized carbons (Fsp3) is 0.455. The molecule has 1 unspecified atom stereocenters. The number of nitrogens with one attached hydrogen (secondary N) is 1. The van der Waals surface area contributed by atoms with E-state index in [1.807, 2.05) is 7.05 Å². The van der Waals surface area contributed by atoms with Crippen molar-refractivity contribution < 1.29 is 0 Å². The topological polar surface area (TPSA) is 38.0 Å². The van der Waals surface area contributed by atoms with Gasteiger partial charge in [0.2, 0.25) is 0 Å². The molecule has 1 aromatic carbocycles. The van der Waals surface area contributed by atoms with Crippen LogP contribution in [0, 0.1) is 0 Å². The maximum absolute atomic E-state index is 5.74. The number of anilines is 1. The van der Waals surface area contributed by atoms with E-state index in [2.05, 4.69) is 23.5 Å². The highest BCUT2D eigenvalue weighted by Crippen LogP contribution is 2.37. The van der Waals surface area contributed by atoms with Crippen LogP contribution in [0.1, 0.15) is 23.5 Å². The molecule has 0 radical (unpaired) electrons. The number of aryl methyl sites for hydroxylation is 1. The van der Waals surface area contributed by atoms with Crippen molar-refractivity contribution in [3.8, 4) is 0 Å². The van der Waals surface area contributed by atoms with E-state index in [4.69, 9.17) is 5.73 Å². The molecule has 1 aliphatic carbocycles. The Labute approximate surface area is 79.1 Å². The molecule has 2 nitrogen and oxygen atoms in total. The van der Waals surface area contributed by atoms with Crippen LogP contribution < -0.4 is 11.1 Å². The highest BCUT2D eigenvalue weighted by Gasteiger charge is 2.23. The summed E-state index contributed by atoms with van der Waals surface area (Å²) >= 11 is 0. The van der Waals surface area contributed by atoms with E-state index in [0.717, 1.165) is 6.54 Å². The van der Waals surface area contributed by atoms with Crippen LogP contribution in [-0.4, -0.2) is 13.6 Å². The van der Waals surface area contributed by atoms with Crippen LogP contribution in [0.25, 0.3) is 0 Å². The summed E-state index contributed by atoms with van der Waals surface area (Å²) in [5.74, 6) is 0.568. The molecule has 0 heterocycles. The zero-order valence-corrected chi connectivity index (χ0v) is 8.01. The lowest BCUT2D eigenvalue weighted by Gasteiger charge is -2.13. The summed E-state index contributed by atoms with van der Waals surface area (Å²) in [6, 6.07) is 6.46. The molecule has 70 valence electrons. The predicted molar refractivity (Wildman–Crippen MR) is 56.1 cm³/mol. The molecular weight excluding hydrogens is 160 g/mol. The van der Waals surface area contributed by atoms with Gasteiger partial charge in [0.05, 0.1) is 0 Å². The molecule has 1 aliphatic rings. The van der Waals surface area contributed by atoms with E-state index >= 15 is 0 Å². The molecule has 0 fully saturated rings. The van der Waals surface area contributed by atoms with Gasteiger partial charge in [0.15, 0.2) is 0 Å². The lowest BCUT2D eigenvalue weighted by atomic mass is 9.99. The molecule has 0 amide bonds. The smallest absolute Gasteiger partial charge is 0.0376 e. The van der Waals surface area contributed by atoms with Gasteiger partial charge in [0.25, 0.3) is 0 Å². The number of nitrogens with two attached hydrogens (primary N) is 1. The highest BCUT2D eigenvalue weighted by molar-refractivity contribution is 5.58. The van der Waals surface area contributed by atoms with Crippen LogP contribution in [0.15, 0.2) is 18.2 Å². The lowest BCUT2D eigenvalue weighted by Crippen LogP contribution is -2.10. The monoisotopic (exact) mass is 176 g/mol. The summed E-state index contributed by atoms with van der Waals surface area (Å²) in [5.41, 5.74) is 9.93. The van der Waals surface area contributed by atoms with Crippen molar-refractivity contribution in [2.24, 2.45) is 5.73 Å². The summed E-state index contributed by atoms with van der Waals surface area (Å²) in [6.07, 6.45) is 2.40. The van der Waals surface area contributed by atoms with Crippen LogP contribution in [0.4, 0.5) is 5.69 Å². The Morgan fingerprint density at radius 1 is 1.54 bits per heavy atom. The predicted octanol–water partition coefficient (Wildman–Crippen LogP) is 1.72. The normalized spacial score (nSPS) is 20.0. The molecule has 13 heavy (non-hydrogen) atoms. The first-order chi connectivity index (χ1) is 6.36. The number of rotatable bonds is 2. The van der Waals surface area contributed by atoms with Crippen molar-refractivity contribution in [2.75, 3.05) is 18.9 Å².